The number of ketones is 2. The van der Waals surface area contributed by atoms with Crippen molar-refractivity contribution in [3.63, 3.8) is 0 Å². The van der Waals surface area contributed by atoms with Crippen molar-refractivity contribution < 1.29 is 28.4 Å². The number of nitrogens with zero attached hydrogens (tertiary/aromatic N) is 4. The molecule has 0 spiro atoms. The van der Waals surface area contributed by atoms with Crippen LogP contribution in [0.1, 0.15) is 120 Å². The maximum absolute atomic E-state index is 13.4. The summed E-state index contributed by atoms with van der Waals surface area (Å²) in [4.78, 5) is 70.2. The number of fused-ring (bicyclic) bond motifs is 2. The second kappa shape index (κ2) is 25.3. The lowest BCUT2D eigenvalue weighted by atomic mass is 9.80. The van der Waals surface area contributed by atoms with Crippen LogP contribution in [0.2, 0.25) is 0 Å². The molecular formula is C66H80BBrN8O8. The maximum atomic E-state index is 13.4. The van der Waals surface area contributed by atoms with Crippen molar-refractivity contribution in [3.05, 3.63) is 179 Å². The molecule has 0 bridgehead atoms. The lowest BCUT2D eigenvalue weighted by Gasteiger charge is -2.32. The first-order chi connectivity index (χ1) is 39.9. The zero-order valence-corrected chi connectivity index (χ0v) is 52.0. The molecule has 2 atom stereocenters. The summed E-state index contributed by atoms with van der Waals surface area (Å²) in [6.07, 6.45) is 10.0. The van der Waals surface area contributed by atoms with Gasteiger partial charge in [-0.1, -0.05) is 19.2 Å². The Morgan fingerprint density at radius 3 is 1.52 bits per heavy atom. The summed E-state index contributed by atoms with van der Waals surface area (Å²) in [5, 5.41) is 6.71. The Morgan fingerprint density at radius 2 is 1.08 bits per heavy atom. The number of aryl methyl sites for hydroxylation is 4. The van der Waals surface area contributed by atoms with Gasteiger partial charge >= 0.3 is 7.12 Å². The lowest BCUT2D eigenvalue weighted by molar-refractivity contribution is 0.00578. The first-order valence-electron chi connectivity index (χ1n) is 29.2. The molecule has 2 unspecified atom stereocenters. The highest BCUT2D eigenvalue weighted by Crippen LogP contribution is 2.45. The molecule has 18 heteroatoms. The number of hydrogen-bond donors (Lipinski definition) is 4. The van der Waals surface area contributed by atoms with Crippen molar-refractivity contribution in [1.29, 1.82) is 0 Å². The third kappa shape index (κ3) is 13.9. The maximum Gasteiger partial charge on any atom is 0.496 e. The highest BCUT2D eigenvalue weighted by Gasteiger charge is 2.52. The van der Waals surface area contributed by atoms with E-state index < -0.39 is 11.2 Å². The van der Waals surface area contributed by atoms with Crippen LogP contribution in [0.4, 0.5) is 11.6 Å². The number of rotatable bonds is 14. The molecule has 6 aromatic rings. The number of aromatic amines is 2. The Morgan fingerprint density at radius 1 is 0.631 bits per heavy atom. The van der Waals surface area contributed by atoms with Gasteiger partial charge in [0, 0.05) is 146 Å². The molecule has 0 saturated carbocycles. The van der Waals surface area contributed by atoms with Crippen LogP contribution < -0.4 is 46.5 Å². The Labute approximate surface area is 502 Å². The molecule has 5 aliphatic heterocycles. The normalized spacial score (nSPS) is 20.1. The van der Waals surface area contributed by atoms with Crippen molar-refractivity contribution in [3.8, 4) is 22.6 Å². The molecule has 9 heterocycles. The number of anilines is 2. The molecule has 84 heavy (non-hydrogen) atoms. The number of aromatic nitrogens is 4. The van der Waals surface area contributed by atoms with Crippen LogP contribution in [-0.2, 0) is 35.0 Å². The van der Waals surface area contributed by atoms with Gasteiger partial charge in [-0.25, -0.2) is 9.97 Å². The fraction of sp³-hybridized carbons (Fsp3) is 0.424. The van der Waals surface area contributed by atoms with Crippen molar-refractivity contribution in [2.24, 2.45) is 0 Å². The number of Topliss-reactive ketones (excluding diaryl/α,β-unsaturated/α-hetero) is 2. The fourth-order valence-electron chi connectivity index (χ4n) is 11.3. The van der Waals surface area contributed by atoms with Gasteiger partial charge in [-0.3, -0.25) is 19.2 Å². The van der Waals surface area contributed by atoms with Crippen molar-refractivity contribution in [2.45, 2.75) is 130 Å². The van der Waals surface area contributed by atoms with Gasteiger partial charge in [0.05, 0.1) is 15.7 Å². The number of carbonyl (C=O) groups is 2. The van der Waals surface area contributed by atoms with E-state index >= 15 is 0 Å². The Hall–Kier alpha value is -6.96. The van der Waals surface area contributed by atoms with Gasteiger partial charge in [0.25, 0.3) is 11.1 Å². The monoisotopic (exact) mass is 1200 g/mol. The van der Waals surface area contributed by atoms with Crippen molar-refractivity contribution >= 4 is 51.7 Å². The summed E-state index contributed by atoms with van der Waals surface area (Å²) < 4.78 is 25.2. The van der Waals surface area contributed by atoms with Gasteiger partial charge in [0.1, 0.15) is 34.3 Å². The average Bonchev–Trinajstić information content (AvgIpc) is 3.22. The molecule has 442 valence electrons. The molecule has 3 fully saturated rings. The summed E-state index contributed by atoms with van der Waals surface area (Å²) in [6, 6.07) is 19.6. The largest absolute Gasteiger partial charge is 0.496 e. The SMILES string of the molecule is C=CC1(C)Cc2cc(C(=O)CCc3c(C)cc(C)[nH]c3=O)cc(-c3ccc(N4CCNCC4)nc3)c2O1.C=CC1(C)Cc2cc(C(=O)CCc3c(C)cc(C)[nH]c3=O)cc(Br)c2O1.CC1(C)OB(c2ccc(N3CCNCC3)nc2)OC1(C)C. The minimum atomic E-state index is -0.529. The number of H-pyrrole nitrogens is 2. The summed E-state index contributed by atoms with van der Waals surface area (Å²) in [5.41, 5.74) is 8.97. The summed E-state index contributed by atoms with van der Waals surface area (Å²) in [5.74, 6) is 3.54. The molecule has 3 saturated heterocycles. The van der Waals surface area contributed by atoms with Crippen LogP contribution in [0, 0.1) is 27.7 Å². The average molecular weight is 1200 g/mol. The minimum Gasteiger partial charge on any atom is -0.482 e. The predicted octanol–water partition coefficient (Wildman–Crippen LogP) is 9.40. The molecule has 0 aliphatic carbocycles. The van der Waals surface area contributed by atoms with Crippen LogP contribution in [0.3, 0.4) is 0 Å². The first kappa shape index (κ1) is 61.6. The number of nitrogens with one attached hydrogen (secondary N) is 4. The van der Waals surface area contributed by atoms with E-state index in [4.69, 9.17) is 23.8 Å². The highest BCUT2D eigenvalue weighted by molar-refractivity contribution is 9.10. The molecule has 11 rings (SSSR count). The van der Waals surface area contributed by atoms with E-state index in [1.165, 1.54) is 0 Å². The van der Waals surface area contributed by atoms with Gasteiger partial charge in [0.15, 0.2) is 11.6 Å². The number of benzene rings is 2. The summed E-state index contributed by atoms with van der Waals surface area (Å²) in [6.45, 7) is 35.3. The standard InChI is InChI=1S/C30H34N4O3.C21H22BrNO3.C15H24BN3O2/c1-5-30(4)17-23-15-22(26(35)8-7-24-19(2)14-20(3)33-29(24)36)16-25(28(23)37-30)21-6-9-27(32-18-21)34-12-10-31-11-13-34;1-5-21(4)11-15-9-14(10-17(22)19(15)26-21)18(24)7-6-16-12(2)8-13(3)23-20(16)25;1-14(2)15(3,4)21-16(20-14)12-5-6-13(18-11-12)19-9-7-17-8-10-19/h5-6,9,14-16,18,31H,1,7-8,10-13,17H2,2-4H3,(H,33,36);5,8-10H,1,6-7,11H2,2-4H3,(H,23,25);5-6,11,17H,7-10H2,1-4H3. The number of hydrogen-bond acceptors (Lipinski definition) is 14. The zero-order chi connectivity index (χ0) is 60.3. The Kier molecular flexibility index (Phi) is 18.6. The summed E-state index contributed by atoms with van der Waals surface area (Å²) >= 11 is 3.51. The molecule has 2 aromatic carbocycles. The van der Waals surface area contributed by atoms with E-state index in [2.05, 4.69) is 110 Å². The summed E-state index contributed by atoms with van der Waals surface area (Å²) in [7, 11) is -0.334. The number of piperazine rings is 2. The topological polar surface area (TPSA) is 193 Å². The molecule has 4 N–H and O–H groups in total. The molecule has 16 nitrogen and oxygen atoms in total. The molecule has 0 amide bonds. The smallest absolute Gasteiger partial charge is 0.482 e. The third-order valence-corrected chi connectivity index (χ3v) is 17.6. The molecule has 0 radical (unpaired) electrons. The van der Waals surface area contributed by atoms with Crippen LogP contribution in [0.15, 0.2) is 112 Å². The Bertz CT molecular complexity index is 3560. The number of halogens is 1. The fourth-order valence-corrected chi connectivity index (χ4v) is 11.9. The number of carbonyl (C=O) groups excluding carboxylic acids is 2. The van der Waals surface area contributed by atoms with Crippen LogP contribution >= 0.6 is 15.9 Å². The van der Waals surface area contributed by atoms with E-state index in [1.54, 1.807) is 12.1 Å². The van der Waals surface area contributed by atoms with E-state index in [9.17, 15) is 19.2 Å². The van der Waals surface area contributed by atoms with Crippen molar-refractivity contribution in [1.82, 2.24) is 30.6 Å². The first-order valence-corrected chi connectivity index (χ1v) is 30.0. The number of pyridine rings is 4. The second-order valence-electron chi connectivity index (χ2n) is 24.2. The van der Waals surface area contributed by atoms with Gasteiger partial charge in [0.2, 0.25) is 0 Å². The van der Waals surface area contributed by atoms with Gasteiger partial charge in [-0.15, -0.1) is 0 Å². The second-order valence-corrected chi connectivity index (χ2v) is 25.1. The van der Waals surface area contributed by atoms with Gasteiger partial charge in [-0.2, -0.15) is 0 Å². The van der Waals surface area contributed by atoms with Crippen LogP contribution in [0.25, 0.3) is 11.1 Å². The van der Waals surface area contributed by atoms with Gasteiger partial charge in [-0.05, 0) is 181 Å². The molecule has 4 aromatic heterocycles. The minimum absolute atomic E-state index is 0.000951. The van der Waals surface area contributed by atoms with Crippen LogP contribution in [0.5, 0.6) is 11.5 Å². The van der Waals surface area contributed by atoms with E-state index in [0.29, 0.717) is 47.9 Å². The van der Waals surface area contributed by atoms with E-state index in [-0.39, 0.29) is 53.8 Å². The Balaban J connectivity index is 0.000000158. The molecule has 5 aliphatic rings. The quantitative estimate of drug-likeness (QED) is 0.0458. The predicted molar refractivity (Wildman–Crippen MR) is 338 cm³/mol. The van der Waals surface area contributed by atoms with Gasteiger partial charge < -0.3 is 49.2 Å². The lowest BCUT2D eigenvalue weighted by Crippen LogP contribution is -2.44. The van der Waals surface area contributed by atoms with Crippen molar-refractivity contribution in [2.75, 3.05) is 62.2 Å². The van der Waals surface area contributed by atoms with E-state index in [1.807, 2.05) is 96.4 Å². The molecular weight excluding hydrogens is 1120 g/mol. The van der Waals surface area contributed by atoms with Crippen LogP contribution in [-0.4, -0.2) is 113 Å². The zero-order valence-electron chi connectivity index (χ0n) is 50.4. The highest BCUT2D eigenvalue weighted by atomic mass is 79.9. The number of ether oxygens (including phenoxy) is 2. The third-order valence-electron chi connectivity index (χ3n) is 17.0. The van der Waals surface area contributed by atoms with E-state index in [0.717, 1.165) is 130 Å².